The van der Waals surface area contributed by atoms with E-state index in [0.717, 1.165) is 0 Å². The maximum Gasteiger partial charge on any atom is 0.239 e. The van der Waals surface area contributed by atoms with Crippen LogP contribution in [-0.4, -0.2) is 38.9 Å². The molecule has 28 heavy (non-hydrogen) atoms. The van der Waals surface area contributed by atoms with Crippen LogP contribution in [0.4, 0.5) is 0 Å². The summed E-state index contributed by atoms with van der Waals surface area (Å²) in [6.07, 6.45) is 0. The first-order valence-electron chi connectivity index (χ1n) is 8.88. The topological polar surface area (TPSA) is 130 Å². The molecule has 0 radical (unpaired) electrons. The summed E-state index contributed by atoms with van der Waals surface area (Å²) in [5.74, 6) is -0.956. The zero-order chi connectivity index (χ0) is 20.6. The second kappa shape index (κ2) is 12.0. The fraction of sp³-hybridized carbons (Fsp3) is 0.556. The molecular formula is C18H31ClN4O4S. The van der Waals surface area contributed by atoms with Crippen molar-refractivity contribution in [2.75, 3.05) is 6.54 Å². The average Bonchev–Trinajstić information content (AvgIpc) is 2.56. The number of nitrogens with two attached hydrogens (primary N) is 1. The van der Waals surface area contributed by atoms with Crippen LogP contribution in [0.5, 0.6) is 0 Å². The third kappa shape index (κ3) is 9.50. The lowest BCUT2D eigenvalue weighted by atomic mass is 10.1. The van der Waals surface area contributed by atoms with Gasteiger partial charge in [0.05, 0.1) is 18.3 Å². The van der Waals surface area contributed by atoms with Crippen molar-refractivity contribution in [2.45, 2.75) is 52.1 Å². The highest BCUT2D eigenvalue weighted by molar-refractivity contribution is 7.88. The van der Waals surface area contributed by atoms with Crippen molar-refractivity contribution in [3.8, 4) is 0 Å². The molecule has 1 aromatic carbocycles. The van der Waals surface area contributed by atoms with E-state index in [1.165, 1.54) is 0 Å². The molecule has 0 saturated carbocycles. The van der Waals surface area contributed by atoms with Gasteiger partial charge in [0.2, 0.25) is 21.8 Å². The average molecular weight is 435 g/mol. The molecule has 1 atom stereocenters. The molecule has 1 aromatic rings. The molecule has 5 N–H and O–H groups in total. The molecule has 0 aliphatic rings. The first-order valence-corrected chi connectivity index (χ1v) is 10.5. The maximum absolute atomic E-state index is 12.1. The summed E-state index contributed by atoms with van der Waals surface area (Å²) in [5, 5.41) is 5.17. The van der Waals surface area contributed by atoms with Crippen LogP contribution >= 0.6 is 12.4 Å². The molecule has 0 saturated heterocycles. The number of carbonyl (C=O) groups excluding carboxylic acids is 2. The number of amides is 2. The van der Waals surface area contributed by atoms with Crippen LogP contribution in [0.1, 0.15) is 38.8 Å². The van der Waals surface area contributed by atoms with E-state index in [0.29, 0.717) is 11.1 Å². The fourth-order valence-corrected chi connectivity index (χ4v) is 3.81. The van der Waals surface area contributed by atoms with Crippen LogP contribution in [-0.2, 0) is 31.9 Å². The molecule has 10 heteroatoms. The Labute approximate surface area is 173 Å². The van der Waals surface area contributed by atoms with Gasteiger partial charge in [-0.3, -0.25) is 9.59 Å². The summed E-state index contributed by atoms with van der Waals surface area (Å²) in [6, 6.07) is 6.13. The van der Waals surface area contributed by atoms with Crippen LogP contribution < -0.4 is 21.1 Å². The van der Waals surface area contributed by atoms with Crippen molar-refractivity contribution in [3.05, 3.63) is 35.4 Å². The largest absolute Gasteiger partial charge is 0.350 e. The lowest BCUT2D eigenvalue weighted by Gasteiger charge is -2.16. The summed E-state index contributed by atoms with van der Waals surface area (Å²) < 4.78 is 26.8. The van der Waals surface area contributed by atoms with Crippen molar-refractivity contribution >= 4 is 34.2 Å². The number of benzene rings is 1. The van der Waals surface area contributed by atoms with Gasteiger partial charge in [0.1, 0.15) is 0 Å². The minimum atomic E-state index is -3.47. The summed E-state index contributed by atoms with van der Waals surface area (Å²) in [6.45, 7) is 7.13. The van der Waals surface area contributed by atoms with Crippen LogP contribution in [0.25, 0.3) is 0 Å². The lowest BCUT2D eigenvalue weighted by Crippen LogP contribution is -2.47. The number of nitrogens with one attached hydrogen (secondary N) is 3. The zero-order valence-electron chi connectivity index (χ0n) is 16.7. The van der Waals surface area contributed by atoms with Crippen molar-refractivity contribution < 1.29 is 18.0 Å². The van der Waals surface area contributed by atoms with Crippen molar-refractivity contribution in [3.63, 3.8) is 0 Å². The van der Waals surface area contributed by atoms with Gasteiger partial charge in [0.25, 0.3) is 0 Å². The minimum Gasteiger partial charge on any atom is -0.350 e. The van der Waals surface area contributed by atoms with Crippen LogP contribution in [0.15, 0.2) is 24.3 Å². The summed E-state index contributed by atoms with van der Waals surface area (Å²) in [7, 11) is -3.47. The van der Waals surface area contributed by atoms with Gasteiger partial charge in [-0.05, 0) is 30.9 Å². The predicted octanol–water partition coefficient (Wildman–Crippen LogP) is 0.652. The van der Waals surface area contributed by atoms with E-state index < -0.39 is 16.1 Å². The molecule has 1 rings (SSSR count). The number of hydrogen-bond donors (Lipinski definition) is 4. The van der Waals surface area contributed by atoms with Gasteiger partial charge in [-0.25, -0.2) is 13.1 Å². The Morgan fingerprint density at radius 3 is 2.14 bits per heavy atom. The minimum absolute atomic E-state index is 0. The van der Waals surface area contributed by atoms with Gasteiger partial charge in [0, 0.05) is 12.6 Å². The standard InChI is InChI=1S/C18H30N4O4S.ClH/c1-12(2)17(19)18(24)21-10-16(23)20-9-14-7-5-6-8-15(14)11-27(25,26)22-13(3)4;/h5-8,12-13,17,22H,9-11,19H2,1-4H3,(H,20,23)(H,21,24);1H/t17-;/m0./s1. The predicted molar refractivity (Wildman–Crippen MR) is 112 cm³/mol. The molecule has 0 bridgehead atoms. The monoisotopic (exact) mass is 434 g/mol. The Morgan fingerprint density at radius 1 is 1.04 bits per heavy atom. The first-order chi connectivity index (χ1) is 12.5. The van der Waals surface area contributed by atoms with Crippen LogP contribution in [0, 0.1) is 5.92 Å². The third-order valence-corrected chi connectivity index (χ3v) is 5.32. The number of rotatable bonds is 10. The van der Waals surface area contributed by atoms with E-state index in [2.05, 4.69) is 15.4 Å². The summed E-state index contributed by atoms with van der Waals surface area (Å²) >= 11 is 0. The molecule has 0 unspecified atom stereocenters. The van der Waals surface area contributed by atoms with Crippen molar-refractivity contribution in [1.82, 2.24) is 15.4 Å². The van der Waals surface area contributed by atoms with Gasteiger partial charge >= 0.3 is 0 Å². The van der Waals surface area contributed by atoms with E-state index >= 15 is 0 Å². The number of hydrogen-bond acceptors (Lipinski definition) is 5. The third-order valence-electron chi connectivity index (χ3n) is 3.80. The van der Waals surface area contributed by atoms with E-state index in [1.54, 1.807) is 38.1 Å². The van der Waals surface area contributed by atoms with Crippen LogP contribution in [0.3, 0.4) is 0 Å². The molecular weight excluding hydrogens is 404 g/mol. The molecule has 0 aliphatic heterocycles. The Hall–Kier alpha value is -1.68. The number of carbonyl (C=O) groups is 2. The number of sulfonamides is 1. The second-order valence-corrected chi connectivity index (χ2v) is 8.82. The van der Waals surface area contributed by atoms with E-state index in [9.17, 15) is 18.0 Å². The van der Waals surface area contributed by atoms with Crippen molar-refractivity contribution in [2.24, 2.45) is 11.7 Å². The SMILES string of the molecule is CC(C)NS(=O)(=O)Cc1ccccc1CNC(=O)CNC(=O)[C@@H](N)C(C)C.Cl. The van der Waals surface area contributed by atoms with Gasteiger partial charge < -0.3 is 16.4 Å². The molecule has 160 valence electrons. The summed E-state index contributed by atoms with van der Waals surface area (Å²) in [4.78, 5) is 23.7. The fourth-order valence-electron chi connectivity index (χ4n) is 2.32. The molecule has 0 aliphatic carbocycles. The van der Waals surface area contributed by atoms with E-state index in [-0.39, 0.29) is 55.0 Å². The Kier molecular flexibility index (Phi) is 11.3. The van der Waals surface area contributed by atoms with E-state index in [1.807, 2.05) is 13.8 Å². The molecule has 0 spiro atoms. The smallest absolute Gasteiger partial charge is 0.239 e. The van der Waals surface area contributed by atoms with Gasteiger partial charge in [-0.1, -0.05) is 38.1 Å². The Balaban J connectivity index is 0.00000729. The van der Waals surface area contributed by atoms with Gasteiger partial charge in [-0.15, -0.1) is 12.4 Å². The zero-order valence-corrected chi connectivity index (χ0v) is 18.3. The van der Waals surface area contributed by atoms with Crippen molar-refractivity contribution in [1.29, 1.82) is 0 Å². The lowest BCUT2D eigenvalue weighted by molar-refractivity contribution is -0.127. The number of halogens is 1. The molecule has 0 aromatic heterocycles. The second-order valence-electron chi connectivity index (χ2n) is 7.06. The normalized spacial score (nSPS) is 12.4. The Bertz CT molecular complexity index is 754. The highest BCUT2D eigenvalue weighted by atomic mass is 35.5. The van der Waals surface area contributed by atoms with E-state index in [4.69, 9.17) is 5.73 Å². The molecule has 0 fully saturated rings. The quantitative estimate of drug-likeness (QED) is 0.429. The first kappa shape index (κ1) is 26.3. The highest BCUT2D eigenvalue weighted by Crippen LogP contribution is 2.12. The van der Waals surface area contributed by atoms with Crippen LogP contribution in [0.2, 0.25) is 0 Å². The highest BCUT2D eigenvalue weighted by Gasteiger charge is 2.18. The molecule has 0 heterocycles. The Morgan fingerprint density at radius 2 is 1.61 bits per heavy atom. The maximum atomic E-state index is 12.1. The van der Waals surface area contributed by atoms with Gasteiger partial charge in [-0.2, -0.15) is 0 Å². The molecule has 2 amide bonds. The molecule has 8 nitrogen and oxygen atoms in total. The van der Waals surface area contributed by atoms with Gasteiger partial charge in [0.15, 0.2) is 0 Å². The summed E-state index contributed by atoms with van der Waals surface area (Å²) in [5.41, 5.74) is 7.03.